The van der Waals surface area contributed by atoms with Gasteiger partial charge in [-0.3, -0.25) is 0 Å². The third-order valence-electron chi connectivity index (χ3n) is 6.18. The van der Waals surface area contributed by atoms with Crippen LogP contribution in [-0.2, 0) is 6.54 Å². The Morgan fingerprint density at radius 1 is 1.10 bits per heavy atom. The van der Waals surface area contributed by atoms with Crippen LogP contribution in [0, 0.1) is 16.7 Å². The van der Waals surface area contributed by atoms with Gasteiger partial charge in [0.1, 0.15) is 0 Å². The van der Waals surface area contributed by atoms with Gasteiger partial charge in [0.2, 0.25) is 0 Å². The number of hydrogen-bond donors (Lipinski definition) is 1. The number of nitrogens with one attached hydrogen (secondary N) is 1. The average molecular weight is 304 g/mol. The molecule has 2 atom stereocenters. The summed E-state index contributed by atoms with van der Waals surface area (Å²) in [7, 11) is 0. The molecular weight excluding hydrogens is 278 g/mol. The molecule has 4 fully saturated rings. The lowest BCUT2D eigenvalue weighted by molar-refractivity contribution is -0.118. The van der Waals surface area contributed by atoms with Crippen LogP contribution in [-0.4, -0.2) is 5.54 Å². The van der Waals surface area contributed by atoms with Crippen LogP contribution in [0.15, 0.2) is 24.3 Å². The maximum Gasteiger partial charge on any atom is 0.0409 e. The molecule has 0 radical (unpaired) electrons. The molecule has 1 aromatic rings. The van der Waals surface area contributed by atoms with Crippen LogP contribution in [0.4, 0.5) is 0 Å². The Hall–Kier alpha value is -0.530. The SMILES string of the molecule is CC12CC3CC(C)(C1)CC(NCc1cccc(Cl)c1)(C3)C2. The minimum absolute atomic E-state index is 0.380. The van der Waals surface area contributed by atoms with E-state index in [1.165, 1.54) is 44.1 Å². The van der Waals surface area contributed by atoms with Gasteiger partial charge in [-0.25, -0.2) is 0 Å². The normalized spacial score (nSPS) is 44.2. The lowest BCUT2D eigenvalue weighted by Gasteiger charge is -2.65. The molecule has 0 aromatic heterocycles. The molecule has 114 valence electrons. The molecule has 21 heavy (non-hydrogen) atoms. The molecule has 5 rings (SSSR count). The highest BCUT2D eigenvalue weighted by molar-refractivity contribution is 6.30. The summed E-state index contributed by atoms with van der Waals surface area (Å²) in [6.45, 7) is 6.02. The smallest absolute Gasteiger partial charge is 0.0409 e. The summed E-state index contributed by atoms with van der Waals surface area (Å²) in [5, 5.41) is 4.81. The third kappa shape index (κ3) is 2.53. The van der Waals surface area contributed by atoms with Crippen molar-refractivity contribution in [1.82, 2.24) is 5.32 Å². The van der Waals surface area contributed by atoms with Crippen LogP contribution in [0.5, 0.6) is 0 Å². The van der Waals surface area contributed by atoms with Crippen molar-refractivity contribution >= 4 is 11.6 Å². The predicted molar refractivity (Wildman–Crippen MR) is 88.4 cm³/mol. The topological polar surface area (TPSA) is 12.0 Å². The van der Waals surface area contributed by atoms with Gasteiger partial charge >= 0.3 is 0 Å². The first-order valence-electron chi connectivity index (χ1n) is 8.37. The molecule has 1 aromatic carbocycles. The number of rotatable bonds is 3. The molecule has 0 amide bonds. The summed E-state index contributed by atoms with van der Waals surface area (Å²) in [5.74, 6) is 0.947. The Labute approximate surface area is 133 Å². The molecule has 4 saturated carbocycles. The fourth-order valence-electron chi connectivity index (χ4n) is 6.58. The van der Waals surface area contributed by atoms with Crippen molar-refractivity contribution in [3.63, 3.8) is 0 Å². The van der Waals surface area contributed by atoms with Crippen molar-refractivity contribution in [2.24, 2.45) is 16.7 Å². The molecule has 0 heterocycles. The first kappa shape index (κ1) is 14.1. The lowest BCUT2D eigenvalue weighted by atomic mass is 9.43. The van der Waals surface area contributed by atoms with Gasteiger partial charge in [-0.05, 0) is 73.0 Å². The van der Waals surface area contributed by atoms with Gasteiger partial charge in [0.15, 0.2) is 0 Å². The Morgan fingerprint density at radius 2 is 1.81 bits per heavy atom. The number of halogens is 1. The van der Waals surface area contributed by atoms with Gasteiger partial charge in [-0.15, -0.1) is 0 Å². The van der Waals surface area contributed by atoms with Gasteiger partial charge < -0.3 is 5.32 Å². The average Bonchev–Trinajstić information content (AvgIpc) is 2.32. The highest BCUT2D eigenvalue weighted by Crippen LogP contribution is 2.66. The Balaban J connectivity index is 1.54. The first-order chi connectivity index (χ1) is 9.88. The summed E-state index contributed by atoms with van der Waals surface area (Å²) in [6.07, 6.45) is 8.49. The Morgan fingerprint density at radius 3 is 2.43 bits per heavy atom. The maximum absolute atomic E-state index is 6.12. The van der Waals surface area contributed by atoms with Gasteiger partial charge in [-0.1, -0.05) is 37.6 Å². The molecule has 1 nitrogen and oxygen atoms in total. The minimum Gasteiger partial charge on any atom is -0.307 e. The Bertz CT molecular complexity index is 548. The second-order valence-electron chi connectivity index (χ2n) is 8.89. The Kier molecular flexibility index (Phi) is 3.01. The highest BCUT2D eigenvalue weighted by atomic mass is 35.5. The van der Waals surface area contributed by atoms with E-state index < -0.39 is 0 Å². The molecule has 0 saturated heterocycles. The molecule has 2 heteroatoms. The molecule has 4 aliphatic carbocycles. The maximum atomic E-state index is 6.12. The van der Waals surface area contributed by atoms with Gasteiger partial charge in [0.05, 0.1) is 0 Å². The van der Waals surface area contributed by atoms with Crippen LogP contribution in [0.3, 0.4) is 0 Å². The summed E-state index contributed by atoms with van der Waals surface area (Å²) < 4.78 is 0. The fourth-order valence-corrected chi connectivity index (χ4v) is 6.79. The van der Waals surface area contributed by atoms with E-state index in [1.54, 1.807) is 0 Å². The molecular formula is C19H26ClN. The van der Waals surface area contributed by atoms with E-state index >= 15 is 0 Å². The van der Waals surface area contributed by atoms with Gasteiger partial charge in [-0.2, -0.15) is 0 Å². The van der Waals surface area contributed by atoms with E-state index in [-0.39, 0.29) is 0 Å². The summed E-state index contributed by atoms with van der Waals surface area (Å²) in [5.41, 5.74) is 2.85. The third-order valence-corrected chi connectivity index (χ3v) is 6.42. The largest absolute Gasteiger partial charge is 0.307 e. The zero-order valence-corrected chi connectivity index (χ0v) is 14.0. The minimum atomic E-state index is 0.380. The molecule has 2 unspecified atom stereocenters. The van der Waals surface area contributed by atoms with Gasteiger partial charge in [0.25, 0.3) is 0 Å². The summed E-state index contributed by atoms with van der Waals surface area (Å²) in [6, 6.07) is 8.29. The van der Waals surface area contributed by atoms with Crippen LogP contribution in [0.2, 0.25) is 5.02 Å². The molecule has 4 bridgehead atoms. The van der Waals surface area contributed by atoms with Crippen molar-refractivity contribution in [3.8, 4) is 0 Å². The zero-order valence-electron chi connectivity index (χ0n) is 13.2. The van der Waals surface area contributed by atoms with Crippen molar-refractivity contribution in [2.45, 2.75) is 64.5 Å². The number of hydrogen-bond acceptors (Lipinski definition) is 1. The monoisotopic (exact) mass is 303 g/mol. The van der Waals surface area contributed by atoms with Crippen LogP contribution >= 0.6 is 11.6 Å². The molecule has 4 aliphatic rings. The quantitative estimate of drug-likeness (QED) is 0.811. The van der Waals surface area contributed by atoms with E-state index in [1.807, 2.05) is 6.07 Å². The number of benzene rings is 1. The molecule has 0 spiro atoms. The molecule has 1 N–H and O–H groups in total. The van der Waals surface area contributed by atoms with Crippen LogP contribution in [0.1, 0.15) is 57.9 Å². The van der Waals surface area contributed by atoms with Crippen LogP contribution in [0.25, 0.3) is 0 Å². The standard InChI is InChI=1S/C19H26ClN/c1-17-7-15-8-18(2,11-17)13-19(9-15,12-17)21-10-14-4-3-5-16(20)6-14/h3-6,15,21H,7-13H2,1-2H3. The summed E-state index contributed by atoms with van der Waals surface area (Å²) >= 11 is 6.12. The summed E-state index contributed by atoms with van der Waals surface area (Å²) in [4.78, 5) is 0. The van der Waals surface area contributed by atoms with E-state index in [2.05, 4.69) is 37.4 Å². The van der Waals surface area contributed by atoms with E-state index in [4.69, 9.17) is 11.6 Å². The van der Waals surface area contributed by atoms with Crippen molar-refractivity contribution < 1.29 is 0 Å². The van der Waals surface area contributed by atoms with E-state index in [0.717, 1.165) is 17.5 Å². The van der Waals surface area contributed by atoms with Gasteiger partial charge in [0, 0.05) is 17.1 Å². The molecule has 0 aliphatic heterocycles. The first-order valence-corrected chi connectivity index (χ1v) is 8.75. The highest BCUT2D eigenvalue weighted by Gasteiger charge is 2.59. The van der Waals surface area contributed by atoms with Crippen molar-refractivity contribution in [2.75, 3.05) is 0 Å². The van der Waals surface area contributed by atoms with Crippen LogP contribution < -0.4 is 5.32 Å². The van der Waals surface area contributed by atoms with E-state index in [0.29, 0.717) is 16.4 Å². The van der Waals surface area contributed by atoms with E-state index in [9.17, 15) is 0 Å². The van der Waals surface area contributed by atoms with Crippen molar-refractivity contribution in [3.05, 3.63) is 34.9 Å². The predicted octanol–water partition coefficient (Wildman–Crippen LogP) is 5.18. The fraction of sp³-hybridized carbons (Fsp3) is 0.684. The lowest BCUT2D eigenvalue weighted by Crippen LogP contribution is -2.63. The zero-order chi connectivity index (χ0) is 14.7. The van der Waals surface area contributed by atoms with Crippen molar-refractivity contribution in [1.29, 1.82) is 0 Å². The second kappa shape index (κ2) is 4.49. The second-order valence-corrected chi connectivity index (χ2v) is 9.33.